The van der Waals surface area contributed by atoms with Crippen LogP contribution in [-0.4, -0.2) is 64.8 Å². The first kappa shape index (κ1) is 24.1. The van der Waals surface area contributed by atoms with Gasteiger partial charge < -0.3 is 20.3 Å². The lowest BCUT2D eigenvalue weighted by atomic mass is 10.1. The van der Waals surface area contributed by atoms with Gasteiger partial charge in [0.1, 0.15) is 22.1 Å². The van der Waals surface area contributed by atoms with Crippen molar-refractivity contribution in [3.8, 4) is 0 Å². The van der Waals surface area contributed by atoms with Crippen molar-refractivity contribution in [2.75, 3.05) is 44.2 Å². The molecule has 1 saturated heterocycles. The van der Waals surface area contributed by atoms with Crippen molar-refractivity contribution >= 4 is 46.3 Å². The molecule has 12 heteroatoms. The van der Waals surface area contributed by atoms with Crippen LogP contribution in [0, 0.1) is 11.6 Å². The van der Waals surface area contributed by atoms with Gasteiger partial charge in [0.2, 0.25) is 5.43 Å². The zero-order valence-electron chi connectivity index (χ0n) is 17.0. The van der Waals surface area contributed by atoms with Gasteiger partial charge in [0.25, 0.3) is 0 Å². The van der Waals surface area contributed by atoms with Crippen molar-refractivity contribution in [1.29, 1.82) is 0 Å². The van der Waals surface area contributed by atoms with Gasteiger partial charge in [-0.1, -0.05) is 0 Å². The molecule has 0 amide bonds. The lowest BCUT2D eigenvalue weighted by Crippen LogP contribution is -2.48. The van der Waals surface area contributed by atoms with Crippen LogP contribution < -0.4 is 16.1 Å². The summed E-state index contributed by atoms with van der Waals surface area (Å²) in [6.45, 7) is 3.30. The maximum Gasteiger partial charge on any atom is 0.341 e. The van der Waals surface area contributed by atoms with Crippen LogP contribution >= 0.6 is 23.7 Å². The number of piperazine rings is 1. The molecule has 2 aromatic heterocycles. The van der Waals surface area contributed by atoms with E-state index in [0.717, 1.165) is 12.3 Å². The molecule has 8 nitrogen and oxygen atoms in total. The molecule has 1 aliphatic heterocycles. The molecule has 1 fully saturated rings. The van der Waals surface area contributed by atoms with E-state index in [4.69, 9.17) is 5.73 Å². The average molecular weight is 486 g/mol. The Morgan fingerprint density at radius 2 is 1.97 bits per heavy atom. The second kappa shape index (κ2) is 9.90. The number of nitrogens with two attached hydrogens (primary N) is 1. The summed E-state index contributed by atoms with van der Waals surface area (Å²) in [7, 11) is 0. The maximum atomic E-state index is 15.7. The number of rotatable bonds is 6. The predicted octanol–water partition coefficient (Wildman–Crippen LogP) is 1.99. The van der Waals surface area contributed by atoms with Crippen LogP contribution in [0.5, 0.6) is 0 Å². The number of fused-ring (bicyclic) bond motifs is 1. The monoisotopic (exact) mass is 485 g/mol. The number of carbonyl (C=O) groups is 1. The second-order valence-electron chi connectivity index (χ2n) is 7.27. The summed E-state index contributed by atoms with van der Waals surface area (Å²) in [6, 6.07) is 0.938. The van der Waals surface area contributed by atoms with Crippen LogP contribution in [-0.2, 0) is 6.54 Å². The van der Waals surface area contributed by atoms with Crippen LogP contribution in [0.15, 0.2) is 28.6 Å². The molecule has 0 spiro atoms. The second-order valence-corrected chi connectivity index (χ2v) is 8.24. The molecular formula is C20H22ClF2N5O3S. The zero-order valence-corrected chi connectivity index (χ0v) is 18.6. The first-order valence-corrected chi connectivity index (χ1v) is 10.6. The van der Waals surface area contributed by atoms with Crippen LogP contribution in [0.4, 0.5) is 14.5 Å². The van der Waals surface area contributed by atoms with E-state index < -0.39 is 28.6 Å². The number of anilines is 1. The van der Waals surface area contributed by atoms with E-state index in [9.17, 15) is 14.7 Å². The number of aromatic nitrogens is 2. The van der Waals surface area contributed by atoms with Gasteiger partial charge in [0.15, 0.2) is 5.82 Å². The topological polar surface area (TPSA) is 105 Å². The fraction of sp³-hybridized carbons (Fsp3) is 0.350. The average Bonchev–Trinajstić information content (AvgIpc) is 3.24. The van der Waals surface area contributed by atoms with E-state index in [-0.39, 0.29) is 35.5 Å². The molecule has 0 bridgehead atoms. The maximum absolute atomic E-state index is 15.7. The Labute approximate surface area is 192 Å². The van der Waals surface area contributed by atoms with E-state index in [1.807, 2.05) is 0 Å². The summed E-state index contributed by atoms with van der Waals surface area (Å²) in [4.78, 5) is 32.1. The number of nitrogens with zero attached hydrogens (tertiary/aromatic N) is 4. The van der Waals surface area contributed by atoms with Gasteiger partial charge in [-0.15, -0.1) is 23.7 Å². The molecule has 1 aromatic carbocycles. The van der Waals surface area contributed by atoms with Crippen LogP contribution in [0.25, 0.3) is 10.9 Å². The highest BCUT2D eigenvalue weighted by atomic mass is 35.5. The molecule has 0 radical (unpaired) electrons. The summed E-state index contributed by atoms with van der Waals surface area (Å²) >= 11 is 1.31. The number of carboxylic acids is 1. The summed E-state index contributed by atoms with van der Waals surface area (Å²) in [6.07, 6.45) is 2.67. The molecule has 0 atom stereocenters. The number of halogens is 3. The number of thiazole rings is 1. The minimum atomic E-state index is -1.46. The first-order valence-electron chi connectivity index (χ1n) is 9.75. The van der Waals surface area contributed by atoms with Gasteiger partial charge in [-0.25, -0.2) is 18.6 Å². The van der Waals surface area contributed by atoms with E-state index >= 15 is 8.78 Å². The molecule has 3 N–H and O–H groups in total. The van der Waals surface area contributed by atoms with Gasteiger partial charge in [-0.2, -0.15) is 0 Å². The van der Waals surface area contributed by atoms with Crippen molar-refractivity contribution in [2.24, 2.45) is 5.73 Å². The van der Waals surface area contributed by atoms with Crippen LogP contribution in [0.2, 0.25) is 0 Å². The van der Waals surface area contributed by atoms with Gasteiger partial charge in [-0.3, -0.25) is 9.69 Å². The highest BCUT2D eigenvalue weighted by Crippen LogP contribution is 2.31. The van der Waals surface area contributed by atoms with Gasteiger partial charge in [-0.05, 0) is 6.07 Å². The Hall–Kier alpha value is -2.60. The third-order valence-electron chi connectivity index (χ3n) is 5.38. The number of hydrogen-bond donors (Lipinski definition) is 2. The fourth-order valence-electron chi connectivity index (χ4n) is 3.90. The van der Waals surface area contributed by atoms with Crippen LogP contribution in [0.1, 0.15) is 15.4 Å². The molecule has 0 aliphatic carbocycles. The van der Waals surface area contributed by atoms with E-state index in [1.165, 1.54) is 15.9 Å². The van der Waals surface area contributed by atoms with E-state index in [0.29, 0.717) is 44.3 Å². The lowest BCUT2D eigenvalue weighted by molar-refractivity contribution is 0.0695. The standard InChI is InChI=1S/C20H21F2N5O3S.ClH/c21-14-9-12-17(16(22)18(14)26-6-4-25(3-1-23)5-7-26)27(11-15-24-2-8-31-15)10-13(19(12)28)20(29)30;/h2,8-10H,1,3-7,11,23H2,(H,29,30);1H. The molecular weight excluding hydrogens is 464 g/mol. The van der Waals surface area contributed by atoms with Crippen molar-refractivity contribution in [1.82, 2.24) is 14.5 Å². The molecule has 1 aliphatic rings. The quantitative estimate of drug-likeness (QED) is 0.550. The predicted molar refractivity (Wildman–Crippen MR) is 121 cm³/mol. The summed E-state index contributed by atoms with van der Waals surface area (Å²) in [5.41, 5.74) is 3.76. The third kappa shape index (κ3) is 4.46. The Balaban J connectivity index is 0.00000289. The number of hydrogen-bond acceptors (Lipinski definition) is 7. The molecule has 3 aromatic rings. The zero-order chi connectivity index (χ0) is 22.1. The molecule has 0 unspecified atom stereocenters. The Morgan fingerprint density at radius 1 is 1.25 bits per heavy atom. The number of pyridine rings is 1. The van der Waals surface area contributed by atoms with Gasteiger partial charge >= 0.3 is 5.97 Å². The van der Waals surface area contributed by atoms with Crippen molar-refractivity contribution in [2.45, 2.75) is 6.54 Å². The van der Waals surface area contributed by atoms with Gasteiger partial charge in [0.05, 0.1) is 17.4 Å². The Kier molecular flexibility index (Phi) is 7.44. The van der Waals surface area contributed by atoms with Gasteiger partial charge in [0, 0.05) is 57.0 Å². The molecule has 4 rings (SSSR count). The fourth-order valence-corrected chi connectivity index (χ4v) is 4.51. The minimum absolute atomic E-state index is 0. The number of benzene rings is 1. The summed E-state index contributed by atoms with van der Waals surface area (Å²) in [5, 5.41) is 11.4. The lowest BCUT2D eigenvalue weighted by Gasteiger charge is -2.36. The molecule has 32 heavy (non-hydrogen) atoms. The highest BCUT2D eigenvalue weighted by molar-refractivity contribution is 7.09. The van der Waals surface area contributed by atoms with E-state index in [2.05, 4.69) is 9.88 Å². The number of carboxylic acid groups (broad SMARTS) is 1. The molecule has 3 heterocycles. The minimum Gasteiger partial charge on any atom is -0.477 e. The molecule has 0 saturated carbocycles. The van der Waals surface area contributed by atoms with Crippen molar-refractivity contribution in [3.63, 3.8) is 0 Å². The Morgan fingerprint density at radius 3 is 2.56 bits per heavy atom. The normalized spacial score (nSPS) is 14.5. The van der Waals surface area contributed by atoms with Crippen molar-refractivity contribution < 1.29 is 18.7 Å². The van der Waals surface area contributed by atoms with Crippen molar-refractivity contribution in [3.05, 3.63) is 56.3 Å². The number of aromatic carboxylic acids is 1. The third-order valence-corrected chi connectivity index (χ3v) is 6.15. The van der Waals surface area contributed by atoms with E-state index in [1.54, 1.807) is 16.5 Å². The Bertz CT molecular complexity index is 1180. The first-order chi connectivity index (χ1) is 14.9. The summed E-state index contributed by atoms with van der Waals surface area (Å²) < 4.78 is 32.1. The largest absolute Gasteiger partial charge is 0.477 e. The molecule has 172 valence electrons. The van der Waals surface area contributed by atoms with Crippen LogP contribution in [0.3, 0.4) is 0 Å². The summed E-state index contributed by atoms with van der Waals surface area (Å²) in [5.74, 6) is -3.23. The SMILES string of the molecule is Cl.NCCN1CCN(c2c(F)cc3c(=O)c(C(=O)O)cn(Cc4nccs4)c3c2F)CC1. The smallest absolute Gasteiger partial charge is 0.341 e. The highest BCUT2D eigenvalue weighted by Gasteiger charge is 2.27.